The van der Waals surface area contributed by atoms with E-state index in [0.29, 0.717) is 12.2 Å². The fraction of sp³-hybridized carbons (Fsp3) is 0.571. The molecule has 0 radical (unpaired) electrons. The van der Waals surface area contributed by atoms with Gasteiger partial charge in [0.2, 0.25) is 5.91 Å². The number of hydrogen-bond acceptors (Lipinski definition) is 4. The Kier molecular flexibility index (Phi) is 4.79. The molecule has 1 unspecified atom stereocenters. The van der Waals surface area contributed by atoms with Crippen molar-refractivity contribution < 1.29 is 4.79 Å². The van der Waals surface area contributed by atoms with Gasteiger partial charge >= 0.3 is 0 Å². The van der Waals surface area contributed by atoms with E-state index in [2.05, 4.69) is 4.90 Å². The molecular weight excluding hydrogens is 256 g/mol. The Bertz CT molecular complexity index is 526. The fourth-order valence-corrected chi connectivity index (χ4v) is 2.75. The number of aromatic nitrogens is 1. The maximum atomic E-state index is 11.6. The number of amides is 1. The number of nitrogens with zero attached hydrogens (tertiary/aromatic N) is 2. The predicted octanol–water partition coefficient (Wildman–Crippen LogP) is 0.160. The van der Waals surface area contributed by atoms with Crippen LogP contribution in [0.15, 0.2) is 23.1 Å². The monoisotopic (exact) mass is 278 g/mol. The van der Waals surface area contributed by atoms with E-state index in [0.717, 1.165) is 38.8 Å². The van der Waals surface area contributed by atoms with Crippen LogP contribution in [0.2, 0.25) is 0 Å². The summed E-state index contributed by atoms with van der Waals surface area (Å²) in [4.78, 5) is 25.2. The van der Waals surface area contributed by atoms with E-state index in [-0.39, 0.29) is 17.5 Å². The Balaban J connectivity index is 1.90. The van der Waals surface area contributed by atoms with Crippen LogP contribution in [0.5, 0.6) is 0 Å². The molecular formula is C14H22N4O2. The fourth-order valence-electron chi connectivity index (χ4n) is 2.75. The van der Waals surface area contributed by atoms with Crippen molar-refractivity contribution in [3.05, 3.63) is 28.7 Å². The van der Waals surface area contributed by atoms with Crippen molar-refractivity contribution >= 4 is 11.6 Å². The number of carbonyl (C=O) groups excluding carboxylic acids is 1. The highest BCUT2D eigenvalue weighted by Crippen LogP contribution is 2.16. The lowest BCUT2D eigenvalue weighted by Gasteiger charge is -2.33. The average molecular weight is 278 g/mol. The number of hydrogen-bond donors (Lipinski definition) is 2. The Morgan fingerprint density at radius 1 is 1.30 bits per heavy atom. The second-order valence-corrected chi connectivity index (χ2v) is 5.30. The maximum Gasteiger partial charge on any atom is 0.250 e. The van der Waals surface area contributed by atoms with Crippen molar-refractivity contribution in [3.8, 4) is 0 Å². The number of aryl methyl sites for hydroxylation is 1. The van der Waals surface area contributed by atoms with Crippen LogP contribution in [0.25, 0.3) is 0 Å². The van der Waals surface area contributed by atoms with Crippen molar-refractivity contribution in [2.45, 2.75) is 38.3 Å². The first kappa shape index (κ1) is 14.6. The smallest absolute Gasteiger partial charge is 0.250 e. The van der Waals surface area contributed by atoms with E-state index in [1.807, 2.05) is 0 Å². The lowest BCUT2D eigenvalue weighted by Crippen LogP contribution is -2.48. The van der Waals surface area contributed by atoms with Crippen LogP contribution < -0.4 is 17.0 Å². The third kappa shape index (κ3) is 3.60. The van der Waals surface area contributed by atoms with Gasteiger partial charge in [-0.1, -0.05) is 6.42 Å². The molecule has 1 aliphatic heterocycles. The van der Waals surface area contributed by atoms with Gasteiger partial charge in [-0.2, -0.15) is 0 Å². The molecule has 20 heavy (non-hydrogen) atoms. The van der Waals surface area contributed by atoms with Crippen molar-refractivity contribution in [1.82, 2.24) is 9.47 Å². The van der Waals surface area contributed by atoms with Gasteiger partial charge in [-0.15, -0.1) is 0 Å². The van der Waals surface area contributed by atoms with E-state index < -0.39 is 0 Å². The minimum atomic E-state index is -0.245. The molecule has 4 N–H and O–H groups in total. The van der Waals surface area contributed by atoms with E-state index in [4.69, 9.17) is 11.5 Å². The van der Waals surface area contributed by atoms with Gasteiger partial charge in [-0.3, -0.25) is 14.5 Å². The van der Waals surface area contributed by atoms with Crippen LogP contribution in [0.4, 0.5) is 5.69 Å². The summed E-state index contributed by atoms with van der Waals surface area (Å²) in [5.41, 5.74) is 11.6. The number of nitrogens with two attached hydrogens (primary N) is 2. The second-order valence-electron chi connectivity index (χ2n) is 5.30. The highest BCUT2D eigenvalue weighted by Gasteiger charge is 2.26. The van der Waals surface area contributed by atoms with Crippen molar-refractivity contribution in [2.75, 3.05) is 18.8 Å². The quantitative estimate of drug-likeness (QED) is 0.802. The maximum absolute atomic E-state index is 11.6. The molecule has 1 aromatic heterocycles. The molecule has 110 valence electrons. The Hall–Kier alpha value is -1.82. The molecule has 2 heterocycles. The van der Waals surface area contributed by atoms with Gasteiger partial charge in [0.1, 0.15) is 0 Å². The molecule has 6 heteroatoms. The summed E-state index contributed by atoms with van der Waals surface area (Å²) in [6.45, 7) is 2.28. The van der Waals surface area contributed by atoms with Gasteiger partial charge in [0.15, 0.2) is 0 Å². The van der Waals surface area contributed by atoms with Gasteiger partial charge in [0, 0.05) is 31.0 Å². The first-order chi connectivity index (χ1) is 9.58. The summed E-state index contributed by atoms with van der Waals surface area (Å²) in [5, 5.41) is 0. The number of nitrogen functional groups attached to an aromatic ring is 1. The molecule has 1 saturated heterocycles. The van der Waals surface area contributed by atoms with Gasteiger partial charge in [-0.05, 0) is 31.9 Å². The summed E-state index contributed by atoms with van der Waals surface area (Å²) in [6, 6.07) is 2.93. The van der Waals surface area contributed by atoms with E-state index >= 15 is 0 Å². The molecule has 1 aliphatic rings. The van der Waals surface area contributed by atoms with Gasteiger partial charge in [0.25, 0.3) is 5.56 Å². The lowest BCUT2D eigenvalue weighted by atomic mass is 10.0. The van der Waals surface area contributed by atoms with Crippen LogP contribution in [0, 0.1) is 0 Å². The molecule has 0 spiro atoms. The molecule has 1 atom stereocenters. The lowest BCUT2D eigenvalue weighted by molar-refractivity contribution is -0.124. The summed E-state index contributed by atoms with van der Waals surface area (Å²) in [7, 11) is 0. The summed E-state index contributed by atoms with van der Waals surface area (Å²) >= 11 is 0. The number of anilines is 1. The standard InChI is InChI=1S/C14H22N4O2/c15-11-5-6-13(19)18(10-11)9-3-8-17-7-2-1-4-12(17)14(16)20/h5-6,10,12H,1-4,7-9,15H2,(H2,16,20). The molecule has 0 aliphatic carbocycles. The molecule has 0 saturated carbocycles. The minimum Gasteiger partial charge on any atom is -0.398 e. The highest BCUT2D eigenvalue weighted by atomic mass is 16.1. The number of primary amides is 1. The Morgan fingerprint density at radius 2 is 2.10 bits per heavy atom. The van der Waals surface area contributed by atoms with Crippen LogP contribution in [-0.2, 0) is 11.3 Å². The molecule has 1 amide bonds. The van der Waals surface area contributed by atoms with Crippen molar-refractivity contribution in [3.63, 3.8) is 0 Å². The predicted molar refractivity (Wildman–Crippen MR) is 78.1 cm³/mol. The third-order valence-electron chi connectivity index (χ3n) is 3.79. The number of likely N-dealkylation sites (tertiary alicyclic amines) is 1. The third-order valence-corrected chi connectivity index (χ3v) is 3.79. The number of piperidine rings is 1. The molecule has 1 fully saturated rings. The van der Waals surface area contributed by atoms with E-state index in [1.54, 1.807) is 16.8 Å². The Labute approximate surface area is 118 Å². The van der Waals surface area contributed by atoms with Gasteiger partial charge in [0.05, 0.1) is 6.04 Å². The second kappa shape index (κ2) is 6.56. The summed E-state index contributed by atoms with van der Waals surface area (Å²) in [5.74, 6) is -0.245. The zero-order valence-corrected chi connectivity index (χ0v) is 11.6. The van der Waals surface area contributed by atoms with Crippen molar-refractivity contribution in [1.29, 1.82) is 0 Å². The molecule has 1 aromatic rings. The highest BCUT2D eigenvalue weighted by molar-refractivity contribution is 5.79. The van der Waals surface area contributed by atoms with E-state index in [1.165, 1.54) is 6.07 Å². The minimum absolute atomic E-state index is 0.0516. The van der Waals surface area contributed by atoms with Crippen LogP contribution >= 0.6 is 0 Å². The van der Waals surface area contributed by atoms with Crippen LogP contribution in [-0.4, -0.2) is 34.5 Å². The largest absolute Gasteiger partial charge is 0.398 e. The molecule has 2 rings (SSSR count). The van der Waals surface area contributed by atoms with Gasteiger partial charge in [-0.25, -0.2) is 0 Å². The van der Waals surface area contributed by atoms with E-state index in [9.17, 15) is 9.59 Å². The normalized spacial score (nSPS) is 19.9. The van der Waals surface area contributed by atoms with Crippen LogP contribution in [0.1, 0.15) is 25.7 Å². The average Bonchev–Trinajstić information content (AvgIpc) is 2.43. The number of pyridine rings is 1. The number of rotatable bonds is 5. The van der Waals surface area contributed by atoms with Gasteiger partial charge < -0.3 is 16.0 Å². The van der Waals surface area contributed by atoms with Crippen LogP contribution in [0.3, 0.4) is 0 Å². The SMILES string of the molecule is NC(=O)C1CCCCN1CCCn1cc(N)ccc1=O. The van der Waals surface area contributed by atoms with Crippen molar-refractivity contribution in [2.24, 2.45) is 5.73 Å². The molecule has 0 bridgehead atoms. The Morgan fingerprint density at radius 3 is 2.85 bits per heavy atom. The molecule has 0 aromatic carbocycles. The zero-order valence-electron chi connectivity index (χ0n) is 11.6. The first-order valence-electron chi connectivity index (χ1n) is 7.07. The summed E-state index contributed by atoms with van der Waals surface area (Å²) < 4.78 is 1.61. The zero-order chi connectivity index (χ0) is 14.5. The summed E-state index contributed by atoms with van der Waals surface area (Å²) in [6.07, 6.45) is 5.45. The topological polar surface area (TPSA) is 94.3 Å². The molecule has 6 nitrogen and oxygen atoms in total. The number of carbonyl (C=O) groups is 1. The first-order valence-corrected chi connectivity index (χ1v) is 7.07.